The van der Waals surface area contributed by atoms with E-state index in [0.717, 1.165) is 11.8 Å². The molecule has 0 aromatic rings. The van der Waals surface area contributed by atoms with E-state index in [4.69, 9.17) is 0 Å². The molecule has 0 radical (unpaired) electrons. The van der Waals surface area contributed by atoms with Crippen LogP contribution in [0.15, 0.2) is 11.6 Å². The molecule has 2 atom stereocenters. The van der Waals surface area contributed by atoms with E-state index in [1.165, 1.54) is 25.7 Å². The van der Waals surface area contributed by atoms with Crippen LogP contribution in [0.1, 0.15) is 46.5 Å². The first-order valence-corrected chi connectivity index (χ1v) is 4.86. The Morgan fingerprint density at radius 1 is 1.55 bits per heavy atom. The summed E-state index contributed by atoms with van der Waals surface area (Å²) in [6.45, 7) is 6.73. The van der Waals surface area contributed by atoms with Crippen LogP contribution >= 0.6 is 0 Å². The molecule has 0 heterocycles. The van der Waals surface area contributed by atoms with Gasteiger partial charge in [-0.2, -0.15) is 0 Å². The predicted molar refractivity (Wildman–Crippen MR) is 50.6 cm³/mol. The topological polar surface area (TPSA) is 0 Å². The normalized spacial score (nSPS) is 30.6. The van der Waals surface area contributed by atoms with E-state index < -0.39 is 0 Å². The van der Waals surface area contributed by atoms with Gasteiger partial charge in [0.15, 0.2) is 0 Å². The van der Waals surface area contributed by atoms with E-state index in [1.54, 1.807) is 5.57 Å². The van der Waals surface area contributed by atoms with E-state index >= 15 is 0 Å². The summed E-state index contributed by atoms with van der Waals surface area (Å²) in [7, 11) is 0. The van der Waals surface area contributed by atoms with Gasteiger partial charge >= 0.3 is 0 Å². The summed E-state index contributed by atoms with van der Waals surface area (Å²) in [5, 5.41) is 0. The van der Waals surface area contributed by atoms with Gasteiger partial charge in [-0.3, -0.25) is 0 Å². The molecule has 1 saturated carbocycles. The molecular formula is C11H20. The molecule has 1 rings (SSSR count). The summed E-state index contributed by atoms with van der Waals surface area (Å²) in [6, 6.07) is 0. The van der Waals surface area contributed by atoms with E-state index in [-0.39, 0.29) is 0 Å². The van der Waals surface area contributed by atoms with Crippen LogP contribution in [0.2, 0.25) is 0 Å². The summed E-state index contributed by atoms with van der Waals surface area (Å²) >= 11 is 0. The number of rotatable bonds is 4. The standard InChI is InChI=1S/C11H20/c1-4-9(2)6-5-7-11-8-10(11)3/h4,10-11H,5-8H2,1-3H3. The van der Waals surface area contributed by atoms with Crippen molar-refractivity contribution in [2.24, 2.45) is 11.8 Å². The van der Waals surface area contributed by atoms with Crippen molar-refractivity contribution in [3.05, 3.63) is 11.6 Å². The van der Waals surface area contributed by atoms with Crippen molar-refractivity contribution in [3.8, 4) is 0 Å². The van der Waals surface area contributed by atoms with E-state index in [0.29, 0.717) is 0 Å². The molecule has 0 nitrogen and oxygen atoms in total. The quantitative estimate of drug-likeness (QED) is 0.538. The van der Waals surface area contributed by atoms with Gasteiger partial charge in [0, 0.05) is 0 Å². The van der Waals surface area contributed by atoms with Crippen molar-refractivity contribution in [3.63, 3.8) is 0 Å². The minimum Gasteiger partial charge on any atom is -0.0887 e. The zero-order valence-corrected chi connectivity index (χ0v) is 8.06. The Labute approximate surface area is 70.7 Å². The fourth-order valence-electron chi connectivity index (χ4n) is 1.59. The van der Waals surface area contributed by atoms with Gasteiger partial charge in [0.2, 0.25) is 0 Å². The Hall–Kier alpha value is -0.260. The van der Waals surface area contributed by atoms with Crippen molar-refractivity contribution in [1.29, 1.82) is 0 Å². The molecule has 0 aliphatic heterocycles. The van der Waals surface area contributed by atoms with Crippen molar-refractivity contribution in [2.45, 2.75) is 46.5 Å². The van der Waals surface area contributed by atoms with Crippen LogP contribution < -0.4 is 0 Å². The average Bonchev–Trinajstić information content (AvgIpc) is 2.66. The van der Waals surface area contributed by atoms with Crippen LogP contribution in [0.5, 0.6) is 0 Å². The van der Waals surface area contributed by atoms with Crippen LogP contribution in [0.4, 0.5) is 0 Å². The van der Waals surface area contributed by atoms with Gasteiger partial charge in [-0.05, 0) is 51.4 Å². The Morgan fingerprint density at radius 3 is 2.64 bits per heavy atom. The molecule has 0 spiro atoms. The number of allylic oxidation sites excluding steroid dienone is 2. The summed E-state index contributed by atoms with van der Waals surface area (Å²) in [4.78, 5) is 0. The maximum atomic E-state index is 2.37. The molecular weight excluding hydrogens is 132 g/mol. The zero-order chi connectivity index (χ0) is 8.27. The van der Waals surface area contributed by atoms with Gasteiger partial charge < -0.3 is 0 Å². The Morgan fingerprint density at radius 2 is 2.18 bits per heavy atom. The van der Waals surface area contributed by atoms with Crippen molar-refractivity contribution in [2.75, 3.05) is 0 Å². The highest BCUT2D eigenvalue weighted by atomic mass is 14.4. The molecule has 0 saturated heterocycles. The third-order valence-electron chi connectivity index (χ3n) is 2.91. The van der Waals surface area contributed by atoms with Crippen molar-refractivity contribution < 1.29 is 0 Å². The molecule has 1 fully saturated rings. The lowest BCUT2D eigenvalue weighted by atomic mass is 10.1. The lowest BCUT2D eigenvalue weighted by Gasteiger charge is -1.99. The summed E-state index contributed by atoms with van der Waals surface area (Å²) in [5.41, 5.74) is 1.55. The lowest BCUT2D eigenvalue weighted by molar-refractivity contribution is 0.627. The summed E-state index contributed by atoms with van der Waals surface area (Å²) < 4.78 is 0. The highest BCUT2D eigenvalue weighted by Crippen LogP contribution is 2.41. The first-order valence-electron chi connectivity index (χ1n) is 4.86. The first kappa shape index (κ1) is 8.83. The van der Waals surface area contributed by atoms with E-state index in [9.17, 15) is 0 Å². The molecule has 0 aromatic carbocycles. The summed E-state index contributed by atoms with van der Waals surface area (Å²) in [5.74, 6) is 2.13. The minimum atomic E-state index is 1.04. The van der Waals surface area contributed by atoms with Gasteiger partial charge in [-0.15, -0.1) is 0 Å². The van der Waals surface area contributed by atoms with Crippen LogP contribution in [-0.2, 0) is 0 Å². The van der Waals surface area contributed by atoms with Crippen LogP contribution in [0.25, 0.3) is 0 Å². The fourth-order valence-corrected chi connectivity index (χ4v) is 1.59. The maximum Gasteiger partial charge on any atom is -0.0323 e. The molecule has 2 unspecified atom stereocenters. The molecule has 0 bridgehead atoms. The second kappa shape index (κ2) is 3.94. The van der Waals surface area contributed by atoms with E-state index in [1.807, 2.05) is 0 Å². The largest absolute Gasteiger partial charge is 0.0887 e. The summed E-state index contributed by atoms with van der Waals surface area (Å²) in [6.07, 6.45) is 7.92. The predicted octanol–water partition coefficient (Wildman–Crippen LogP) is 3.78. The molecule has 1 aliphatic rings. The lowest BCUT2D eigenvalue weighted by Crippen LogP contribution is -1.82. The third kappa shape index (κ3) is 3.09. The second-order valence-electron chi connectivity index (χ2n) is 4.00. The third-order valence-corrected chi connectivity index (χ3v) is 2.91. The van der Waals surface area contributed by atoms with Crippen molar-refractivity contribution >= 4 is 0 Å². The van der Waals surface area contributed by atoms with Gasteiger partial charge in [0.05, 0.1) is 0 Å². The monoisotopic (exact) mass is 152 g/mol. The zero-order valence-electron chi connectivity index (χ0n) is 8.06. The number of hydrogen-bond donors (Lipinski definition) is 0. The molecule has 0 N–H and O–H groups in total. The highest BCUT2D eigenvalue weighted by molar-refractivity contribution is 4.95. The Bertz CT molecular complexity index is 144. The van der Waals surface area contributed by atoms with Crippen LogP contribution in [-0.4, -0.2) is 0 Å². The van der Waals surface area contributed by atoms with Gasteiger partial charge in [-0.25, -0.2) is 0 Å². The fraction of sp³-hybridized carbons (Fsp3) is 0.818. The van der Waals surface area contributed by atoms with Crippen LogP contribution in [0, 0.1) is 11.8 Å². The maximum absolute atomic E-state index is 2.37. The molecule has 1 aliphatic carbocycles. The van der Waals surface area contributed by atoms with Crippen molar-refractivity contribution in [1.82, 2.24) is 0 Å². The Balaban J connectivity index is 1.96. The molecule has 0 amide bonds. The smallest absolute Gasteiger partial charge is 0.0323 e. The average molecular weight is 152 g/mol. The molecule has 64 valence electrons. The van der Waals surface area contributed by atoms with Gasteiger partial charge in [-0.1, -0.05) is 18.6 Å². The number of hydrogen-bond acceptors (Lipinski definition) is 0. The molecule has 11 heavy (non-hydrogen) atoms. The Kier molecular flexibility index (Phi) is 3.16. The first-order chi connectivity index (χ1) is 5.24. The second-order valence-corrected chi connectivity index (χ2v) is 4.00. The van der Waals surface area contributed by atoms with Gasteiger partial charge in [0.1, 0.15) is 0 Å². The minimum absolute atomic E-state index is 1.04. The highest BCUT2D eigenvalue weighted by Gasteiger charge is 2.31. The van der Waals surface area contributed by atoms with Gasteiger partial charge in [0.25, 0.3) is 0 Å². The SMILES string of the molecule is CC=C(C)CCCC1CC1C. The van der Waals surface area contributed by atoms with Crippen LogP contribution in [0.3, 0.4) is 0 Å². The molecule has 0 heteroatoms. The molecule has 0 aromatic heterocycles. The van der Waals surface area contributed by atoms with E-state index in [2.05, 4.69) is 26.8 Å².